The molecule has 1 saturated heterocycles. The van der Waals surface area contributed by atoms with E-state index in [2.05, 4.69) is 15.0 Å². The maximum absolute atomic E-state index is 12.9. The largest absolute Gasteiger partial charge is 0.416 e. The zero-order valence-corrected chi connectivity index (χ0v) is 13.2. The molecule has 0 amide bonds. The quantitative estimate of drug-likeness (QED) is 0.868. The molecule has 1 aromatic carbocycles. The Morgan fingerprint density at radius 3 is 2.48 bits per heavy atom. The molecular formula is C16H19F3N4. The normalized spacial score (nSPS) is 16.2. The molecule has 7 heteroatoms. The van der Waals surface area contributed by atoms with Gasteiger partial charge in [-0.3, -0.25) is 4.90 Å². The Kier molecular flexibility index (Phi) is 4.14. The fraction of sp³-hybridized carbons (Fsp3) is 0.500. The SMILES string of the molecule is Cc1cc(-c2nc(CN3CCCC3)nn2C)ccc1C(F)(F)F. The molecule has 2 aromatic rings. The number of alkyl halides is 3. The topological polar surface area (TPSA) is 34.0 Å². The van der Waals surface area contributed by atoms with Crippen LogP contribution < -0.4 is 0 Å². The van der Waals surface area contributed by atoms with E-state index in [9.17, 15) is 13.2 Å². The van der Waals surface area contributed by atoms with E-state index in [1.54, 1.807) is 11.7 Å². The lowest BCUT2D eigenvalue weighted by atomic mass is 10.0. The lowest BCUT2D eigenvalue weighted by Crippen LogP contribution is -2.19. The van der Waals surface area contributed by atoms with Gasteiger partial charge >= 0.3 is 6.18 Å². The van der Waals surface area contributed by atoms with Gasteiger partial charge in [0.15, 0.2) is 11.6 Å². The molecule has 1 fully saturated rings. The molecule has 0 saturated carbocycles. The molecular weight excluding hydrogens is 305 g/mol. The Hall–Kier alpha value is -1.89. The summed E-state index contributed by atoms with van der Waals surface area (Å²) >= 11 is 0. The van der Waals surface area contributed by atoms with E-state index in [1.807, 2.05) is 0 Å². The van der Waals surface area contributed by atoms with E-state index in [1.165, 1.54) is 31.9 Å². The second-order valence-electron chi connectivity index (χ2n) is 5.99. The highest BCUT2D eigenvalue weighted by Gasteiger charge is 2.32. The molecule has 124 valence electrons. The Bertz CT molecular complexity index is 700. The minimum absolute atomic E-state index is 0.194. The summed E-state index contributed by atoms with van der Waals surface area (Å²) in [5.41, 5.74) is 0.234. The van der Waals surface area contributed by atoms with Gasteiger partial charge in [0.05, 0.1) is 12.1 Å². The number of likely N-dealkylation sites (tertiary alicyclic amines) is 1. The minimum atomic E-state index is -4.33. The Balaban J connectivity index is 1.86. The standard InChI is InChI=1S/C16H19F3N4/c1-11-9-12(5-6-13(11)16(17,18)19)15-20-14(21-22(15)2)10-23-7-3-4-8-23/h5-6,9H,3-4,7-8,10H2,1-2H3. The highest BCUT2D eigenvalue weighted by Crippen LogP contribution is 2.33. The number of benzene rings is 1. The van der Waals surface area contributed by atoms with Gasteiger partial charge in [0.2, 0.25) is 0 Å². The molecule has 4 nitrogen and oxygen atoms in total. The van der Waals surface area contributed by atoms with Crippen LogP contribution in [0.2, 0.25) is 0 Å². The van der Waals surface area contributed by atoms with Crippen LogP contribution in [0, 0.1) is 6.92 Å². The van der Waals surface area contributed by atoms with Gasteiger partial charge in [0, 0.05) is 12.6 Å². The van der Waals surface area contributed by atoms with E-state index in [4.69, 9.17) is 0 Å². The molecule has 0 unspecified atom stereocenters. The lowest BCUT2D eigenvalue weighted by molar-refractivity contribution is -0.138. The average molecular weight is 324 g/mol. The first-order chi connectivity index (χ1) is 10.8. The van der Waals surface area contributed by atoms with Gasteiger partial charge in [-0.05, 0) is 50.6 Å². The van der Waals surface area contributed by atoms with Gasteiger partial charge in [-0.15, -0.1) is 0 Å². The van der Waals surface area contributed by atoms with Crippen molar-refractivity contribution in [2.45, 2.75) is 32.5 Å². The first-order valence-electron chi connectivity index (χ1n) is 7.65. The smallest absolute Gasteiger partial charge is 0.296 e. The van der Waals surface area contributed by atoms with Crippen molar-refractivity contribution in [1.29, 1.82) is 0 Å². The van der Waals surface area contributed by atoms with Crippen LogP contribution in [0.5, 0.6) is 0 Å². The van der Waals surface area contributed by atoms with Gasteiger partial charge in [-0.25, -0.2) is 9.67 Å². The molecule has 0 aliphatic carbocycles. The van der Waals surface area contributed by atoms with Crippen molar-refractivity contribution in [3.05, 3.63) is 35.2 Å². The number of aromatic nitrogens is 3. The van der Waals surface area contributed by atoms with Crippen molar-refractivity contribution in [2.24, 2.45) is 7.05 Å². The second kappa shape index (κ2) is 5.96. The van der Waals surface area contributed by atoms with Gasteiger partial charge in [0.1, 0.15) is 0 Å². The van der Waals surface area contributed by atoms with Crippen molar-refractivity contribution in [1.82, 2.24) is 19.7 Å². The predicted octanol–water partition coefficient (Wildman–Crippen LogP) is 3.41. The number of nitrogens with zero attached hydrogens (tertiary/aromatic N) is 4. The van der Waals surface area contributed by atoms with Crippen molar-refractivity contribution in [3.8, 4) is 11.4 Å². The van der Waals surface area contributed by atoms with Crippen LogP contribution in [0.4, 0.5) is 13.2 Å². The summed E-state index contributed by atoms with van der Waals surface area (Å²) in [6.07, 6.45) is -1.95. The molecule has 1 aromatic heterocycles. The lowest BCUT2D eigenvalue weighted by Gasteiger charge is -2.11. The molecule has 1 aliphatic heterocycles. The molecule has 0 N–H and O–H groups in total. The molecule has 2 heterocycles. The number of halogens is 3. The first-order valence-corrected chi connectivity index (χ1v) is 7.65. The summed E-state index contributed by atoms with van der Waals surface area (Å²) in [6, 6.07) is 4.09. The molecule has 0 radical (unpaired) electrons. The number of aryl methyl sites for hydroxylation is 2. The molecule has 0 spiro atoms. The minimum Gasteiger partial charge on any atom is -0.296 e. The van der Waals surface area contributed by atoms with E-state index < -0.39 is 11.7 Å². The van der Waals surface area contributed by atoms with Gasteiger partial charge < -0.3 is 0 Å². The fourth-order valence-electron chi connectivity index (χ4n) is 3.02. The van der Waals surface area contributed by atoms with Crippen LogP contribution in [-0.4, -0.2) is 32.8 Å². The van der Waals surface area contributed by atoms with Gasteiger partial charge in [-0.2, -0.15) is 18.3 Å². The summed E-state index contributed by atoms with van der Waals surface area (Å²) < 4.78 is 40.2. The van der Waals surface area contributed by atoms with E-state index in [0.29, 0.717) is 23.8 Å². The third-order valence-corrected chi connectivity index (χ3v) is 4.16. The van der Waals surface area contributed by atoms with Crippen LogP contribution in [0.15, 0.2) is 18.2 Å². The maximum Gasteiger partial charge on any atom is 0.416 e. The zero-order valence-electron chi connectivity index (χ0n) is 13.2. The Morgan fingerprint density at radius 2 is 1.87 bits per heavy atom. The highest BCUT2D eigenvalue weighted by atomic mass is 19.4. The number of hydrogen-bond donors (Lipinski definition) is 0. The van der Waals surface area contributed by atoms with Crippen LogP contribution in [0.3, 0.4) is 0 Å². The molecule has 1 aliphatic rings. The Labute approximate surface area is 132 Å². The summed E-state index contributed by atoms with van der Waals surface area (Å²) in [6.45, 7) is 4.25. The Morgan fingerprint density at radius 1 is 1.17 bits per heavy atom. The fourth-order valence-corrected chi connectivity index (χ4v) is 3.02. The monoisotopic (exact) mass is 324 g/mol. The van der Waals surface area contributed by atoms with Crippen molar-refractivity contribution >= 4 is 0 Å². The van der Waals surface area contributed by atoms with Crippen LogP contribution in [0.25, 0.3) is 11.4 Å². The zero-order chi connectivity index (χ0) is 16.6. The van der Waals surface area contributed by atoms with Crippen molar-refractivity contribution in [3.63, 3.8) is 0 Å². The highest BCUT2D eigenvalue weighted by molar-refractivity contribution is 5.58. The maximum atomic E-state index is 12.9. The summed E-state index contributed by atoms with van der Waals surface area (Å²) in [5.74, 6) is 1.30. The van der Waals surface area contributed by atoms with Crippen molar-refractivity contribution < 1.29 is 13.2 Å². The van der Waals surface area contributed by atoms with Crippen LogP contribution in [-0.2, 0) is 19.8 Å². The summed E-state index contributed by atoms with van der Waals surface area (Å²) in [5, 5.41) is 4.39. The van der Waals surface area contributed by atoms with Crippen molar-refractivity contribution in [2.75, 3.05) is 13.1 Å². The second-order valence-corrected chi connectivity index (χ2v) is 5.99. The van der Waals surface area contributed by atoms with Gasteiger partial charge in [-0.1, -0.05) is 6.07 Å². The molecule has 0 atom stereocenters. The third-order valence-electron chi connectivity index (χ3n) is 4.16. The van der Waals surface area contributed by atoms with Gasteiger partial charge in [0.25, 0.3) is 0 Å². The van der Waals surface area contributed by atoms with E-state index in [0.717, 1.165) is 19.2 Å². The van der Waals surface area contributed by atoms with E-state index >= 15 is 0 Å². The molecule has 0 bridgehead atoms. The van der Waals surface area contributed by atoms with Crippen LogP contribution in [0.1, 0.15) is 29.8 Å². The molecule has 3 rings (SSSR count). The first kappa shape index (κ1) is 16.0. The average Bonchev–Trinajstić information content (AvgIpc) is 3.07. The summed E-state index contributed by atoms with van der Waals surface area (Å²) in [7, 11) is 1.77. The molecule has 23 heavy (non-hydrogen) atoms. The predicted molar refractivity (Wildman–Crippen MR) is 80.7 cm³/mol. The van der Waals surface area contributed by atoms with E-state index in [-0.39, 0.29) is 5.56 Å². The summed E-state index contributed by atoms with van der Waals surface area (Å²) in [4.78, 5) is 6.79. The third kappa shape index (κ3) is 3.39. The number of hydrogen-bond acceptors (Lipinski definition) is 3. The number of rotatable bonds is 3. The van der Waals surface area contributed by atoms with Crippen LogP contribution >= 0.6 is 0 Å².